The molecule has 1 N–H and O–H groups in total. The average Bonchev–Trinajstić information content (AvgIpc) is 2.33. The number of carboxylic acid groups (broad SMARTS) is 1. The van der Waals surface area contributed by atoms with Gasteiger partial charge in [-0.05, 0) is 30.9 Å². The van der Waals surface area contributed by atoms with Gasteiger partial charge < -0.3 is 5.11 Å². The zero-order valence-corrected chi connectivity index (χ0v) is 11.1. The highest BCUT2D eigenvalue weighted by Crippen LogP contribution is 2.35. The summed E-state index contributed by atoms with van der Waals surface area (Å²) in [6.45, 7) is 5.22. The van der Waals surface area contributed by atoms with Gasteiger partial charge in [0.15, 0.2) is 0 Å². The summed E-state index contributed by atoms with van der Waals surface area (Å²) in [4.78, 5) is 13.0. The minimum Gasteiger partial charge on any atom is -0.480 e. The molecule has 1 aromatic rings. The van der Waals surface area contributed by atoms with Crippen LogP contribution in [0.25, 0.3) is 0 Å². The Labute approximate surface area is 108 Å². The molecule has 0 amide bonds. The van der Waals surface area contributed by atoms with Crippen LogP contribution in [0.5, 0.6) is 0 Å². The maximum atomic E-state index is 10.9. The number of nitrogens with zero attached hydrogens (tertiary/aromatic N) is 1. The third kappa shape index (κ3) is 2.72. The van der Waals surface area contributed by atoms with Crippen LogP contribution in [0.15, 0.2) is 24.3 Å². The van der Waals surface area contributed by atoms with E-state index in [4.69, 9.17) is 5.11 Å². The minimum absolute atomic E-state index is 0.147. The zero-order valence-electron chi connectivity index (χ0n) is 11.1. The second-order valence-corrected chi connectivity index (χ2v) is 5.18. The van der Waals surface area contributed by atoms with Gasteiger partial charge in [0.2, 0.25) is 0 Å². The monoisotopic (exact) mass is 247 g/mol. The first-order chi connectivity index (χ1) is 8.61. The molecule has 0 fully saturated rings. The van der Waals surface area contributed by atoms with Crippen molar-refractivity contribution in [2.45, 2.75) is 38.6 Å². The van der Waals surface area contributed by atoms with Crippen LogP contribution < -0.4 is 0 Å². The van der Waals surface area contributed by atoms with E-state index in [0.29, 0.717) is 12.0 Å². The van der Waals surface area contributed by atoms with E-state index in [1.165, 1.54) is 11.1 Å². The van der Waals surface area contributed by atoms with Crippen molar-refractivity contribution in [2.75, 3.05) is 13.1 Å². The summed E-state index contributed by atoms with van der Waals surface area (Å²) < 4.78 is 0. The highest BCUT2D eigenvalue weighted by molar-refractivity contribution is 5.69. The lowest BCUT2D eigenvalue weighted by Gasteiger charge is -2.36. The molecule has 1 aromatic carbocycles. The number of carbonyl (C=O) groups is 1. The van der Waals surface area contributed by atoms with Crippen LogP contribution in [-0.2, 0) is 11.2 Å². The minimum atomic E-state index is -0.733. The van der Waals surface area contributed by atoms with E-state index in [2.05, 4.69) is 43.0 Å². The number of fused-ring (bicyclic) bond motifs is 1. The molecule has 18 heavy (non-hydrogen) atoms. The number of hydrogen-bond acceptors (Lipinski definition) is 2. The Morgan fingerprint density at radius 2 is 2.22 bits per heavy atom. The van der Waals surface area contributed by atoms with Gasteiger partial charge in [0.1, 0.15) is 0 Å². The van der Waals surface area contributed by atoms with Crippen molar-refractivity contribution < 1.29 is 9.90 Å². The highest BCUT2D eigenvalue weighted by atomic mass is 16.4. The molecule has 0 spiro atoms. The van der Waals surface area contributed by atoms with Gasteiger partial charge >= 0.3 is 5.97 Å². The van der Waals surface area contributed by atoms with Crippen molar-refractivity contribution in [1.29, 1.82) is 0 Å². The van der Waals surface area contributed by atoms with Crippen molar-refractivity contribution in [3.05, 3.63) is 35.4 Å². The normalized spacial score (nSPS) is 19.2. The molecule has 0 radical (unpaired) electrons. The summed E-state index contributed by atoms with van der Waals surface area (Å²) in [5, 5.41) is 8.99. The molecule has 0 saturated carbocycles. The summed E-state index contributed by atoms with van der Waals surface area (Å²) in [5.41, 5.74) is 2.82. The van der Waals surface area contributed by atoms with Gasteiger partial charge in [0.25, 0.3) is 0 Å². The lowest BCUT2D eigenvalue weighted by molar-refractivity contribution is -0.139. The van der Waals surface area contributed by atoms with Crippen molar-refractivity contribution in [3.8, 4) is 0 Å². The maximum Gasteiger partial charge on any atom is 0.317 e. The molecule has 98 valence electrons. The molecule has 0 aromatic heterocycles. The lowest BCUT2D eigenvalue weighted by Crippen LogP contribution is -2.41. The van der Waals surface area contributed by atoms with Crippen LogP contribution >= 0.6 is 0 Å². The van der Waals surface area contributed by atoms with E-state index in [9.17, 15) is 4.79 Å². The van der Waals surface area contributed by atoms with Gasteiger partial charge in [-0.3, -0.25) is 9.69 Å². The first-order valence-corrected chi connectivity index (χ1v) is 6.65. The Balaban J connectivity index is 2.00. The first-order valence-electron chi connectivity index (χ1n) is 6.65. The van der Waals surface area contributed by atoms with Crippen molar-refractivity contribution in [3.63, 3.8) is 0 Å². The summed E-state index contributed by atoms with van der Waals surface area (Å²) in [7, 11) is 0. The Kier molecular flexibility index (Phi) is 4.02. The molecule has 0 saturated heterocycles. The third-order valence-corrected chi connectivity index (χ3v) is 3.97. The Hall–Kier alpha value is -1.35. The second kappa shape index (κ2) is 5.53. The molecule has 1 aliphatic rings. The van der Waals surface area contributed by atoms with E-state index < -0.39 is 5.97 Å². The number of aliphatic carboxylic acids is 1. The van der Waals surface area contributed by atoms with Crippen molar-refractivity contribution >= 4 is 5.97 Å². The average molecular weight is 247 g/mol. The van der Waals surface area contributed by atoms with Crippen LogP contribution in [0.3, 0.4) is 0 Å². The van der Waals surface area contributed by atoms with E-state index >= 15 is 0 Å². The van der Waals surface area contributed by atoms with Gasteiger partial charge in [0, 0.05) is 18.5 Å². The fourth-order valence-corrected chi connectivity index (χ4v) is 2.64. The van der Waals surface area contributed by atoms with E-state index in [1.807, 2.05) is 0 Å². The summed E-state index contributed by atoms with van der Waals surface area (Å²) in [6.07, 6.45) is 2.07. The molecule has 3 nitrogen and oxygen atoms in total. The first kappa shape index (κ1) is 13.1. The molecular formula is C15H21NO2. The number of hydrogen-bond donors (Lipinski definition) is 1. The lowest BCUT2D eigenvalue weighted by atomic mass is 9.77. The van der Waals surface area contributed by atoms with Crippen LogP contribution in [0.2, 0.25) is 0 Å². The Morgan fingerprint density at radius 1 is 1.50 bits per heavy atom. The van der Waals surface area contributed by atoms with Gasteiger partial charge in [0.05, 0.1) is 6.54 Å². The fourth-order valence-electron chi connectivity index (χ4n) is 2.64. The molecule has 0 aliphatic heterocycles. The molecule has 3 heteroatoms. The number of carboxylic acids is 1. The van der Waals surface area contributed by atoms with Gasteiger partial charge in [-0.1, -0.05) is 31.2 Å². The van der Waals surface area contributed by atoms with Crippen LogP contribution in [-0.4, -0.2) is 35.1 Å². The van der Waals surface area contributed by atoms with Crippen LogP contribution in [0, 0.1) is 0 Å². The van der Waals surface area contributed by atoms with E-state index in [0.717, 1.165) is 19.4 Å². The van der Waals surface area contributed by atoms with Crippen molar-refractivity contribution in [2.24, 2.45) is 0 Å². The number of benzene rings is 1. The highest BCUT2D eigenvalue weighted by Gasteiger charge is 2.29. The quantitative estimate of drug-likeness (QED) is 0.839. The molecular weight excluding hydrogens is 226 g/mol. The SMILES string of the molecule is CCC(C)N(CC(=O)O)CC1Cc2ccccc21. The Bertz CT molecular complexity index is 430. The van der Waals surface area contributed by atoms with Gasteiger partial charge in [-0.25, -0.2) is 0 Å². The maximum absolute atomic E-state index is 10.9. The van der Waals surface area contributed by atoms with Crippen LogP contribution in [0.4, 0.5) is 0 Å². The molecule has 0 bridgehead atoms. The topological polar surface area (TPSA) is 40.5 Å². The van der Waals surface area contributed by atoms with Gasteiger partial charge in [-0.2, -0.15) is 0 Å². The van der Waals surface area contributed by atoms with Crippen molar-refractivity contribution in [1.82, 2.24) is 4.90 Å². The summed E-state index contributed by atoms with van der Waals surface area (Å²) in [6, 6.07) is 8.79. The van der Waals surface area contributed by atoms with Gasteiger partial charge in [-0.15, -0.1) is 0 Å². The summed E-state index contributed by atoms with van der Waals surface area (Å²) >= 11 is 0. The van der Waals surface area contributed by atoms with Crippen LogP contribution in [0.1, 0.15) is 37.3 Å². The largest absolute Gasteiger partial charge is 0.480 e. The molecule has 0 heterocycles. The standard InChI is InChI=1S/C15H21NO2/c1-3-11(2)16(10-15(17)18)9-13-8-12-6-4-5-7-14(12)13/h4-7,11,13H,3,8-10H2,1-2H3,(H,17,18). The fraction of sp³-hybridized carbons (Fsp3) is 0.533. The molecule has 2 atom stereocenters. The number of rotatable bonds is 6. The molecule has 1 aliphatic carbocycles. The Morgan fingerprint density at radius 3 is 2.83 bits per heavy atom. The molecule has 2 unspecified atom stereocenters. The second-order valence-electron chi connectivity index (χ2n) is 5.18. The predicted octanol–water partition coefficient (Wildman–Crippen LogP) is 2.51. The zero-order chi connectivity index (χ0) is 13.1. The predicted molar refractivity (Wildman–Crippen MR) is 71.8 cm³/mol. The molecule has 2 rings (SSSR count). The van der Waals surface area contributed by atoms with E-state index in [1.54, 1.807) is 0 Å². The third-order valence-electron chi connectivity index (χ3n) is 3.97. The van der Waals surface area contributed by atoms with E-state index in [-0.39, 0.29) is 6.54 Å². The smallest absolute Gasteiger partial charge is 0.317 e. The summed E-state index contributed by atoms with van der Waals surface area (Å²) in [5.74, 6) is -0.225.